The zero-order valence-electron chi connectivity index (χ0n) is 19.9. The Bertz CT molecular complexity index is 1390. The molecule has 1 aromatic heterocycles. The van der Waals surface area contributed by atoms with Gasteiger partial charge in [-0.2, -0.15) is 0 Å². The molecule has 1 fully saturated rings. The summed E-state index contributed by atoms with van der Waals surface area (Å²) < 4.78 is 18.2. The molecule has 2 aromatic carbocycles. The third kappa shape index (κ3) is 3.67. The lowest BCUT2D eigenvalue weighted by Crippen LogP contribution is -2.39. The van der Waals surface area contributed by atoms with Crippen LogP contribution in [0.1, 0.15) is 37.3 Å². The van der Waals surface area contributed by atoms with E-state index in [1.54, 1.807) is 18.1 Å². The lowest BCUT2D eigenvalue weighted by atomic mass is 9.77. The zero-order chi connectivity index (χ0) is 24.8. The maximum absolute atomic E-state index is 13.8. The minimum Gasteiger partial charge on any atom is -0.497 e. The van der Waals surface area contributed by atoms with Gasteiger partial charge in [0, 0.05) is 0 Å². The lowest BCUT2D eigenvalue weighted by Gasteiger charge is -2.35. The van der Waals surface area contributed by atoms with Gasteiger partial charge in [-0.25, -0.2) is 4.98 Å². The van der Waals surface area contributed by atoms with E-state index >= 15 is 0 Å². The maximum atomic E-state index is 13.8. The molecule has 0 bridgehead atoms. The minimum absolute atomic E-state index is 0.0246. The molecule has 3 aliphatic rings. The normalized spacial score (nSPS) is 23.4. The Kier molecular flexibility index (Phi) is 5.76. The highest BCUT2D eigenvalue weighted by Crippen LogP contribution is 2.49. The average Bonchev–Trinajstić information content (AvgIpc) is 3.46. The van der Waals surface area contributed by atoms with Gasteiger partial charge < -0.3 is 14.2 Å². The molecule has 36 heavy (non-hydrogen) atoms. The molecule has 0 radical (unpaired) electrons. The van der Waals surface area contributed by atoms with Gasteiger partial charge in [0.25, 0.3) is 5.91 Å². The second-order valence-corrected chi connectivity index (χ2v) is 10.2. The molecule has 0 saturated heterocycles. The molecule has 7 nitrogen and oxygen atoms in total. The van der Waals surface area contributed by atoms with E-state index < -0.39 is 6.04 Å². The summed E-state index contributed by atoms with van der Waals surface area (Å²) in [5.41, 5.74) is 2.02. The molecule has 184 valence electrons. The highest BCUT2D eigenvalue weighted by atomic mass is 32.1. The number of ether oxygens (including phenoxy) is 3. The summed E-state index contributed by atoms with van der Waals surface area (Å²) in [5.74, 6) is 1.09. The van der Waals surface area contributed by atoms with Gasteiger partial charge in [0.1, 0.15) is 24.2 Å². The van der Waals surface area contributed by atoms with Crippen LogP contribution in [-0.4, -0.2) is 36.5 Å². The van der Waals surface area contributed by atoms with Crippen LogP contribution in [-0.2, 0) is 14.3 Å². The number of hydrogen-bond acceptors (Lipinski definition) is 7. The van der Waals surface area contributed by atoms with E-state index in [0.717, 1.165) is 47.2 Å². The van der Waals surface area contributed by atoms with Crippen molar-refractivity contribution >= 4 is 38.4 Å². The third-order valence-corrected chi connectivity index (χ3v) is 8.13. The van der Waals surface area contributed by atoms with E-state index in [1.165, 1.54) is 11.3 Å². The predicted molar refractivity (Wildman–Crippen MR) is 137 cm³/mol. The fraction of sp³-hybridized carbons (Fsp3) is 0.321. The van der Waals surface area contributed by atoms with Crippen molar-refractivity contribution in [2.75, 3.05) is 18.6 Å². The molecule has 1 amide bonds. The fourth-order valence-electron chi connectivity index (χ4n) is 5.38. The number of fused-ring (bicyclic) bond motifs is 2. The van der Waals surface area contributed by atoms with Gasteiger partial charge in [-0.1, -0.05) is 42.5 Å². The first-order valence-electron chi connectivity index (χ1n) is 12.2. The molecule has 3 atom stereocenters. The van der Waals surface area contributed by atoms with Gasteiger partial charge >= 0.3 is 0 Å². The zero-order valence-corrected chi connectivity index (χ0v) is 20.8. The van der Waals surface area contributed by atoms with Crippen LogP contribution in [0.5, 0.6) is 11.5 Å². The molecule has 2 aliphatic heterocycles. The Hall–Kier alpha value is -3.65. The van der Waals surface area contributed by atoms with E-state index in [2.05, 4.69) is 6.58 Å². The van der Waals surface area contributed by atoms with Crippen LogP contribution < -0.4 is 14.4 Å². The number of benzene rings is 2. The molecule has 3 unspecified atom stereocenters. The van der Waals surface area contributed by atoms with Gasteiger partial charge in [0.05, 0.1) is 34.9 Å². The first-order valence-corrected chi connectivity index (χ1v) is 13.0. The molecular weight excluding hydrogens is 476 g/mol. The smallest absolute Gasteiger partial charge is 0.296 e. The SMILES string of the molecule is C=CCOc1ccc(C2C3=C(OC4CCCCC4C3=O)C(=O)N2c2nc3ccc(OC)cc3s2)cc1. The van der Waals surface area contributed by atoms with E-state index in [-0.39, 0.29) is 29.5 Å². The Balaban J connectivity index is 1.46. The Labute approximate surface area is 213 Å². The molecule has 1 saturated carbocycles. The fourth-order valence-corrected chi connectivity index (χ4v) is 6.40. The maximum Gasteiger partial charge on any atom is 0.296 e. The third-order valence-electron chi connectivity index (χ3n) is 7.12. The lowest BCUT2D eigenvalue weighted by molar-refractivity contribution is -0.131. The predicted octanol–water partition coefficient (Wildman–Crippen LogP) is 5.37. The second-order valence-electron chi connectivity index (χ2n) is 9.23. The number of ketones is 1. The van der Waals surface area contributed by atoms with Gasteiger partial charge in [0.15, 0.2) is 16.7 Å². The number of aromatic nitrogens is 1. The van der Waals surface area contributed by atoms with Crippen LogP contribution in [0.2, 0.25) is 0 Å². The van der Waals surface area contributed by atoms with Gasteiger partial charge in [0.2, 0.25) is 0 Å². The number of amides is 1. The number of Topliss-reactive ketones (excluding diaryl/α,β-unsaturated/α-hetero) is 1. The van der Waals surface area contributed by atoms with E-state index in [4.69, 9.17) is 19.2 Å². The van der Waals surface area contributed by atoms with Crippen LogP contribution >= 0.6 is 11.3 Å². The van der Waals surface area contributed by atoms with E-state index in [9.17, 15) is 9.59 Å². The number of carbonyl (C=O) groups excluding carboxylic acids is 2. The van der Waals surface area contributed by atoms with Crippen molar-refractivity contribution in [1.29, 1.82) is 0 Å². The Morgan fingerprint density at radius 3 is 2.69 bits per heavy atom. The largest absolute Gasteiger partial charge is 0.497 e. The number of methoxy groups -OCH3 is 1. The van der Waals surface area contributed by atoms with Crippen molar-refractivity contribution < 1.29 is 23.8 Å². The summed E-state index contributed by atoms with van der Waals surface area (Å²) in [7, 11) is 1.62. The summed E-state index contributed by atoms with van der Waals surface area (Å²) >= 11 is 1.40. The molecule has 3 heterocycles. The van der Waals surface area contributed by atoms with Crippen molar-refractivity contribution in [3.8, 4) is 11.5 Å². The van der Waals surface area contributed by atoms with Gasteiger partial charge in [-0.15, -0.1) is 0 Å². The second kappa shape index (κ2) is 9.09. The summed E-state index contributed by atoms with van der Waals surface area (Å²) in [4.78, 5) is 34.1. The van der Waals surface area contributed by atoms with Crippen LogP contribution in [0.3, 0.4) is 0 Å². The number of rotatable bonds is 6. The van der Waals surface area contributed by atoms with Crippen LogP contribution in [0.4, 0.5) is 5.13 Å². The highest BCUT2D eigenvalue weighted by molar-refractivity contribution is 7.22. The van der Waals surface area contributed by atoms with Crippen molar-refractivity contribution in [3.05, 3.63) is 72.0 Å². The monoisotopic (exact) mass is 502 g/mol. The van der Waals surface area contributed by atoms with Crippen molar-refractivity contribution in [3.63, 3.8) is 0 Å². The molecule has 6 rings (SSSR count). The average molecular weight is 503 g/mol. The van der Waals surface area contributed by atoms with Crippen LogP contribution in [0, 0.1) is 5.92 Å². The van der Waals surface area contributed by atoms with Gasteiger partial charge in [-0.05, 0) is 55.2 Å². The summed E-state index contributed by atoms with van der Waals surface area (Å²) in [6.07, 6.45) is 5.03. The standard InChI is InChI=1S/C28H26N2O5S/c1-3-14-34-17-10-8-16(9-11-17)24-23-25(31)19-6-4-5-7-21(19)35-26(23)27(32)30(24)28-29-20-13-12-18(33-2)15-22(20)36-28/h3,8-13,15,19,21,24H,1,4-7,14H2,2H3. The topological polar surface area (TPSA) is 78.0 Å². The number of nitrogens with zero attached hydrogens (tertiary/aromatic N) is 2. The van der Waals surface area contributed by atoms with E-state index in [0.29, 0.717) is 23.1 Å². The van der Waals surface area contributed by atoms with E-state index in [1.807, 2.05) is 42.5 Å². The van der Waals surface area contributed by atoms with Crippen LogP contribution in [0.25, 0.3) is 10.2 Å². The molecule has 0 N–H and O–H groups in total. The Morgan fingerprint density at radius 1 is 1.14 bits per heavy atom. The molecule has 1 aliphatic carbocycles. The molecule has 0 spiro atoms. The quantitative estimate of drug-likeness (QED) is 0.422. The number of hydrogen-bond donors (Lipinski definition) is 0. The number of thiazole rings is 1. The molecule has 8 heteroatoms. The number of carbonyl (C=O) groups is 2. The summed E-state index contributed by atoms with van der Waals surface area (Å²) in [6.45, 7) is 4.08. The highest BCUT2D eigenvalue weighted by Gasteiger charge is 2.53. The number of anilines is 1. The minimum atomic E-state index is -0.612. The van der Waals surface area contributed by atoms with Crippen molar-refractivity contribution in [1.82, 2.24) is 4.98 Å². The van der Waals surface area contributed by atoms with Crippen molar-refractivity contribution in [2.24, 2.45) is 5.92 Å². The molecular formula is C28H26N2O5S. The molecule has 3 aromatic rings. The first-order chi connectivity index (χ1) is 17.6. The van der Waals surface area contributed by atoms with Crippen molar-refractivity contribution in [2.45, 2.75) is 37.8 Å². The first kappa shape index (κ1) is 22.8. The van der Waals surface area contributed by atoms with Gasteiger partial charge in [-0.3, -0.25) is 14.5 Å². The summed E-state index contributed by atoms with van der Waals surface area (Å²) in [6, 6.07) is 12.5. The van der Waals surface area contributed by atoms with Crippen LogP contribution in [0.15, 0.2) is 66.5 Å². The summed E-state index contributed by atoms with van der Waals surface area (Å²) in [5, 5.41) is 0.522. The Morgan fingerprint density at radius 2 is 1.92 bits per heavy atom.